The fourth-order valence-corrected chi connectivity index (χ4v) is 5.89. The second-order valence-corrected chi connectivity index (χ2v) is 11.8. The minimum atomic E-state index is -0.198. The van der Waals surface area contributed by atoms with Gasteiger partial charge in [-0.25, -0.2) is 9.97 Å². The van der Waals surface area contributed by atoms with Crippen LogP contribution in [0.3, 0.4) is 0 Å². The lowest BCUT2D eigenvalue weighted by Crippen LogP contribution is -2.58. The van der Waals surface area contributed by atoms with E-state index in [1.54, 1.807) is 0 Å². The summed E-state index contributed by atoms with van der Waals surface area (Å²) in [4.78, 5) is 29.5. The molecule has 1 spiro atoms. The van der Waals surface area contributed by atoms with Crippen molar-refractivity contribution < 1.29 is 9.53 Å². The van der Waals surface area contributed by atoms with Crippen molar-refractivity contribution in [3.63, 3.8) is 0 Å². The lowest BCUT2D eigenvalue weighted by atomic mass is 9.88. The second kappa shape index (κ2) is 12.7. The summed E-state index contributed by atoms with van der Waals surface area (Å²) in [6.07, 6.45) is 10.8. The Kier molecular flexibility index (Phi) is 9.03. The molecular formula is C31H45N7O2. The van der Waals surface area contributed by atoms with E-state index in [0.717, 1.165) is 67.7 Å². The number of aromatic nitrogens is 4. The zero-order chi connectivity index (χ0) is 28.1. The van der Waals surface area contributed by atoms with Crippen LogP contribution in [-0.2, 0) is 38.5 Å². The number of nitrogens with zero attached hydrogens (tertiary/aromatic N) is 7. The van der Waals surface area contributed by atoms with Gasteiger partial charge in [0, 0.05) is 77.2 Å². The Bertz CT molecular complexity index is 1200. The van der Waals surface area contributed by atoms with E-state index in [4.69, 9.17) is 4.74 Å². The summed E-state index contributed by atoms with van der Waals surface area (Å²) < 4.78 is 10.4. The Morgan fingerprint density at radius 3 is 2.15 bits per heavy atom. The predicted octanol–water partition coefficient (Wildman–Crippen LogP) is 3.71. The van der Waals surface area contributed by atoms with E-state index in [0.29, 0.717) is 32.8 Å². The molecule has 4 heterocycles. The van der Waals surface area contributed by atoms with E-state index < -0.39 is 0 Å². The maximum atomic E-state index is 13.5. The molecule has 2 saturated heterocycles. The second-order valence-electron chi connectivity index (χ2n) is 11.8. The Balaban J connectivity index is 1.21. The van der Waals surface area contributed by atoms with Crippen LogP contribution in [0.15, 0.2) is 49.1 Å². The van der Waals surface area contributed by atoms with Gasteiger partial charge in [-0.05, 0) is 36.5 Å². The highest BCUT2D eigenvalue weighted by Gasteiger charge is 2.41. The summed E-state index contributed by atoms with van der Waals surface area (Å²) in [5.41, 5.74) is 1.71. The van der Waals surface area contributed by atoms with Crippen molar-refractivity contribution >= 4 is 5.91 Å². The summed E-state index contributed by atoms with van der Waals surface area (Å²) >= 11 is 0. The number of carbonyl (C=O) groups is 1. The summed E-state index contributed by atoms with van der Waals surface area (Å²) in [6, 6.07) is 8.13. The van der Waals surface area contributed by atoms with Gasteiger partial charge < -0.3 is 23.7 Å². The number of hydrogen-bond donors (Lipinski definition) is 0. The van der Waals surface area contributed by atoms with Gasteiger partial charge in [-0.1, -0.05) is 32.4 Å². The van der Waals surface area contributed by atoms with E-state index >= 15 is 0 Å². The van der Waals surface area contributed by atoms with Crippen molar-refractivity contribution in [3.8, 4) is 0 Å². The van der Waals surface area contributed by atoms with Gasteiger partial charge in [-0.15, -0.1) is 0 Å². The predicted molar refractivity (Wildman–Crippen MR) is 156 cm³/mol. The van der Waals surface area contributed by atoms with E-state index in [1.807, 2.05) is 55.9 Å². The summed E-state index contributed by atoms with van der Waals surface area (Å²) in [6.45, 7) is 12.0. The SMILES string of the molecule is CCC(C)CN1CCC2(CC1)CN(C(=O)c1ccc(CN(Cc3nccn3C)Cc3nccn3C)cc1)CCO2. The van der Waals surface area contributed by atoms with Crippen molar-refractivity contribution in [2.75, 3.05) is 39.3 Å². The highest BCUT2D eigenvalue weighted by molar-refractivity contribution is 5.94. The number of aryl methyl sites for hydroxylation is 2. The average molecular weight is 548 g/mol. The van der Waals surface area contributed by atoms with Gasteiger partial charge in [-0.3, -0.25) is 9.69 Å². The molecule has 3 aromatic rings. The Morgan fingerprint density at radius 1 is 0.975 bits per heavy atom. The number of likely N-dealkylation sites (tertiary alicyclic amines) is 1. The van der Waals surface area contributed by atoms with Crippen LogP contribution >= 0.6 is 0 Å². The fraction of sp³-hybridized carbons (Fsp3) is 0.581. The van der Waals surface area contributed by atoms with Crippen LogP contribution in [0.1, 0.15) is 60.7 Å². The third kappa shape index (κ3) is 6.82. The lowest BCUT2D eigenvalue weighted by molar-refractivity contribution is -0.127. The van der Waals surface area contributed by atoms with Crippen molar-refractivity contribution in [3.05, 3.63) is 71.8 Å². The Labute approximate surface area is 238 Å². The van der Waals surface area contributed by atoms with Gasteiger partial charge in [0.15, 0.2) is 0 Å². The number of piperidine rings is 1. The smallest absolute Gasteiger partial charge is 0.254 e. The van der Waals surface area contributed by atoms with Gasteiger partial charge in [0.1, 0.15) is 11.6 Å². The van der Waals surface area contributed by atoms with Crippen LogP contribution in [0.2, 0.25) is 0 Å². The standard InChI is InChI=1S/C31H45N7O2/c1-5-25(2)20-36-14-10-31(11-15-36)24-38(18-19-40-31)30(39)27-8-6-26(7-9-27)21-37(22-28-32-12-16-34(28)3)23-29-33-13-17-35(29)4/h6-9,12-13,16-17,25H,5,10-11,14-15,18-24H2,1-4H3. The number of hydrogen-bond acceptors (Lipinski definition) is 6. The van der Waals surface area contributed by atoms with Crippen molar-refractivity contribution in [2.45, 2.75) is 58.3 Å². The van der Waals surface area contributed by atoms with Gasteiger partial charge in [0.05, 0.1) is 31.8 Å². The van der Waals surface area contributed by atoms with Crippen molar-refractivity contribution in [2.24, 2.45) is 20.0 Å². The molecule has 2 aliphatic heterocycles. The molecule has 1 atom stereocenters. The lowest BCUT2D eigenvalue weighted by Gasteiger charge is -2.47. The van der Waals surface area contributed by atoms with Crippen LogP contribution in [0.5, 0.6) is 0 Å². The first kappa shape index (κ1) is 28.5. The number of imidazole rings is 2. The van der Waals surface area contributed by atoms with Crippen LogP contribution < -0.4 is 0 Å². The largest absolute Gasteiger partial charge is 0.371 e. The molecule has 0 bridgehead atoms. The molecule has 40 heavy (non-hydrogen) atoms. The van der Waals surface area contributed by atoms with E-state index in [-0.39, 0.29) is 11.5 Å². The fourth-order valence-electron chi connectivity index (χ4n) is 5.89. The molecule has 9 nitrogen and oxygen atoms in total. The zero-order valence-corrected chi connectivity index (χ0v) is 24.6. The van der Waals surface area contributed by atoms with Gasteiger partial charge in [0.25, 0.3) is 5.91 Å². The molecule has 2 aromatic heterocycles. The molecule has 9 heteroatoms. The van der Waals surface area contributed by atoms with E-state index in [9.17, 15) is 4.79 Å². The molecule has 2 fully saturated rings. The third-order valence-electron chi connectivity index (χ3n) is 8.75. The number of morpholine rings is 1. The minimum Gasteiger partial charge on any atom is -0.371 e. The quantitative estimate of drug-likeness (QED) is 0.386. The number of amides is 1. The molecule has 0 N–H and O–H groups in total. The van der Waals surface area contributed by atoms with Crippen LogP contribution in [0, 0.1) is 5.92 Å². The molecular weight excluding hydrogens is 502 g/mol. The molecule has 1 amide bonds. The summed E-state index contributed by atoms with van der Waals surface area (Å²) in [7, 11) is 4.04. The highest BCUT2D eigenvalue weighted by atomic mass is 16.5. The number of ether oxygens (including phenoxy) is 1. The monoisotopic (exact) mass is 547 g/mol. The molecule has 1 aromatic carbocycles. The maximum Gasteiger partial charge on any atom is 0.254 e. The third-order valence-corrected chi connectivity index (χ3v) is 8.75. The van der Waals surface area contributed by atoms with Gasteiger partial charge in [0.2, 0.25) is 0 Å². The number of rotatable bonds is 10. The van der Waals surface area contributed by atoms with Gasteiger partial charge in [-0.2, -0.15) is 0 Å². The summed E-state index contributed by atoms with van der Waals surface area (Å²) in [5.74, 6) is 2.84. The molecule has 0 saturated carbocycles. The molecule has 216 valence electrons. The first-order valence-electron chi connectivity index (χ1n) is 14.7. The topological polar surface area (TPSA) is 71.7 Å². The number of benzene rings is 1. The van der Waals surface area contributed by atoms with Crippen LogP contribution in [-0.4, -0.2) is 84.6 Å². The molecule has 0 aliphatic carbocycles. The average Bonchev–Trinajstić information content (AvgIpc) is 3.56. The van der Waals surface area contributed by atoms with Crippen LogP contribution in [0.25, 0.3) is 0 Å². The Hall–Kier alpha value is -3.01. The van der Waals surface area contributed by atoms with Gasteiger partial charge >= 0.3 is 0 Å². The maximum absolute atomic E-state index is 13.5. The summed E-state index contributed by atoms with van der Waals surface area (Å²) in [5, 5.41) is 0. The molecule has 2 aliphatic rings. The normalized spacial score (nSPS) is 18.5. The number of carbonyl (C=O) groups excluding carboxylic acids is 1. The van der Waals surface area contributed by atoms with E-state index in [2.05, 4.69) is 54.9 Å². The van der Waals surface area contributed by atoms with Crippen molar-refractivity contribution in [1.29, 1.82) is 0 Å². The first-order valence-corrected chi connectivity index (χ1v) is 14.7. The zero-order valence-electron chi connectivity index (χ0n) is 24.6. The Morgan fingerprint density at radius 2 is 1.60 bits per heavy atom. The molecule has 1 unspecified atom stereocenters. The molecule has 0 radical (unpaired) electrons. The van der Waals surface area contributed by atoms with Crippen molar-refractivity contribution in [1.82, 2.24) is 33.8 Å². The van der Waals surface area contributed by atoms with E-state index in [1.165, 1.54) is 6.42 Å². The molecule has 5 rings (SSSR count). The minimum absolute atomic E-state index is 0.106. The highest BCUT2D eigenvalue weighted by Crippen LogP contribution is 2.31. The van der Waals surface area contributed by atoms with Crippen LogP contribution in [0.4, 0.5) is 0 Å². The first-order chi connectivity index (χ1) is 19.3.